The third-order valence-corrected chi connectivity index (χ3v) is 5.90. The monoisotopic (exact) mass is 297 g/mol. The maximum absolute atomic E-state index is 4.62. The van der Waals surface area contributed by atoms with Gasteiger partial charge in [0.2, 0.25) is 0 Å². The molecule has 2 bridgehead atoms. The van der Waals surface area contributed by atoms with Crippen molar-refractivity contribution in [3.8, 4) is 0 Å². The first-order valence-electron chi connectivity index (χ1n) is 8.65. The summed E-state index contributed by atoms with van der Waals surface area (Å²) in [7, 11) is 0. The van der Waals surface area contributed by atoms with Gasteiger partial charge in [-0.2, -0.15) is 0 Å². The average Bonchev–Trinajstić information content (AvgIpc) is 3.03. The highest BCUT2D eigenvalue weighted by Crippen LogP contribution is 2.39. The lowest BCUT2D eigenvalue weighted by Gasteiger charge is -2.52. The molecule has 5 heterocycles. The molecule has 3 atom stereocenters. The molecule has 116 valence electrons. The van der Waals surface area contributed by atoms with Crippen molar-refractivity contribution in [2.45, 2.75) is 31.7 Å². The van der Waals surface area contributed by atoms with Crippen LogP contribution in [0.3, 0.4) is 0 Å². The van der Waals surface area contributed by atoms with E-state index >= 15 is 0 Å². The summed E-state index contributed by atoms with van der Waals surface area (Å²) in [6.45, 7) is 4.93. The maximum atomic E-state index is 4.62. The third-order valence-electron chi connectivity index (χ3n) is 5.90. The van der Waals surface area contributed by atoms with Crippen LogP contribution in [0.4, 0.5) is 5.82 Å². The first-order valence-corrected chi connectivity index (χ1v) is 8.65. The van der Waals surface area contributed by atoms with Gasteiger partial charge in [0.25, 0.3) is 0 Å². The molecule has 3 aliphatic rings. The molecule has 3 fully saturated rings. The molecule has 5 nitrogen and oxygen atoms in total. The van der Waals surface area contributed by atoms with Gasteiger partial charge in [-0.1, -0.05) is 6.42 Å². The van der Waals surface area contributed by atoms with E-state index in [1.165, 1.54) is 44.2 Å². The van der Waals surface area contributed by atoms with Crippen molar-refractivity contribution in [3.05, 3.63) is 18.6 Å². The molecule has 2 aromatic heterocycles. The first kappa shape index (κ1) is 12.9. The van der Waals surface area contributed by atoms with Crippen LogP contribution in [-0.2, 0) is 0 Å². The highest BCUT2D eigenvalue weighted by molar-refractivity contribution is 5.87. The van der Waals surface area contributed by atoms with Crippen LogP contribution in [0.5, 0.6) is 0 Å². The molecule has 2 aromatic rings. The zero-order valence-electron chi connectivity index (χ0n) is 12.9. The van der Waals surface area contributed by atoms with Gasteiger partial charge in [0.05, 0.1) is 5.39 Å². The zero-order valence-corrected chi connectivity index (χ0v) is 12.9. The summed E-state index contributed by atoms with van der Waals surface area (Å²) >= 11 is 0. The van der Waals surface area contributed by atoms with Crippen molar-refractivity contribution in [3.63, 3.8) is 0 Å². The standard InChI is InChI=1S/C17H23N5/c1-2-6-21-8-12-7-13(15(21)3-1)10-22(9-12)17-14-4-5-18-16(14)19-11-20-17/h4-5,11-13,15H,1-3,6-10H2,(H,18,19,20)/t12-,13-,15+/m1/s1. The van der Waals surface area contributed by atoms with E-state index in [0.717, 1.165) is 42.4 Å². The Bertz CT molecular complexity index is 680. The molecule has 22 heavy (non-hydrogen) atoms. The lowest BCUT2D eigenvalue weighted by Crippen LogP contribution is -2.59. The highest BCUT2D eigenvalue weighted by Gasteiger charge is 2.42. The Morgan fingerprint density at radius 2 is 2.14 bits per heavy atom. The van der Waals surface area contributed by atoms with Gasteiger partial charge >= 0.3 is 0 Å². The topological polar surface area (TPSA) is 48.1 Å². The fourth-order valence-corrected chi connectivity index (χ4v) is 5.05. The maximum Gasteiger partial charge on any atom is 0.142 e. The van der Waals surface area contributed by atoms with E-state index in [1.807, 2.05) is 6.20 Å². The Balaban J connectivity index is 1.47. The van der Waals surface area contributed by atoms with E-state index < -0.39 is 0 Å². The predicted octanol–water partition coefficient (Wildman–Crippen LogP) is 2.27. The molecule has 1 N–H and O–H groups in total. The third kappa shape index (κ3) is 1.95. The first-order chi connectivity index (χ1) is 10.9. The van der Waals surface area contributed by atoms with Crippen LogP contribution in [0.2, 0.25) is 0 Å². The summed E-state index contributed by atoms with van der Waals surface area (Å²) in [4.78, 5) is 17.5. The molecule has 0 radical (unpaired) electrons. The Kier molecular flexibility index (Phi) is 2.90. The number of rotatable bonds is 1. The largest absolute Gasteiger partial charge is 0.355 e. The zero-order chi connectivity index (χ0) is 14.5. The Hall–Kier alpha value is -1.62. The summed E-state index contributed by atoms with van der Waals surface area (Å²) in [6, 6.07) is 2.93. The summed E-state index contributed by atoms with van der Waals surface area (Å²) in [6.07, 6.45) is 9.29. The van der Waals surface area contributed by atoms with Gasteiger partial charge in [0.1, 0.15) is 17.8 Å². The minimum atomic E-state index is 0.803. The summed E-state index contributed by atoms with van der Waals surface area (Å²) in [5.74, 6) is 2.75. The van der Waals surface area contributed by atoms with Crippen LogP contribution in [0.15, 0.2) is 18.6 Å². The lowest BCUT2D eigenvalue weighted by molar-refractivity contribution is 0.0185. The number of fused-ring (bicyclic) bond motifs is 5. The number of nitrogens with zero attached hydrogens (tertiary/aromatic N) is 4. The van der Waals surface area contributed by atoms with Gasteiger partial charge in [0, 0.05) is 31.9 Å². The van der Waals surface area contributed by atoms with E-state index in [0.29, 0.717) is 0 Å². The SMILES string of the molecule is c1nc(N2C[C@@H]3C[C@H](C2)[C@@H]2CCCCN2C3)c2cc[nH]c2n1. The Morgan fingerprint density at radius 1 is 1.14 bits per heavy atom. The molecule has 3 saturated heterocycles. The molecule has 0 unspecified atom stereocenters. The molecule has 0 amide bonds. The number of hydrogen-bond donors (Lipinski definition) is 1. The minimum Gasteiger partial charge on any atom is -0.355 e. The minimum absolute atomic E-state index is 0.803. The second-order valence-corrected chi connectivity index (χ2v) is 7.26. The molecule has 3 aliphatic heterocycles. The highest BCUT2D eigenvalue weighted by atomic mass is 15.3. The second kappa shape index (κ2) is 4.95. The van der Waals surface area contributed by atoms with Crippen LogP contribution in [0.1, 0.15) is 25.7 Å². The van der Waals surface area contributed by atoms with Crippen molar-refractivity contribution < 1.29 is 0 Å². The van der Waals surface area contributed by atoms with Crippen LogP contribution in [-0.4, -0.2) is 52.1 Å². The van der Waals surface area contributed by atoms with Crippen molar-refractivity contribution in [2.24, 2.45) is 11.8 Å². The number of piperidine rings is 3. The van der Waals surface area contributed by atoms with E-state index in [1.54, 1.807) is 6.33 Å². The predicted molar refractivity (Wildman–Crippen MR) is 86.9 cm³/mol. The number of H-pyrrole nitrogens is 1. The summed E-state index contributed by atoms with van der Waals surface area (Å²) in [5, 5.41) is 1.17. The van der Waals surface area contributed by atoms with Crippen molar-refractivity contribution >= 4 is 16.9 Å². The Morgan fingerprint density at radius 3 is 3.14 bits per heavy atom. The molecule has 0 aromatic carbocycles. The fraction of sp³-hybridized carbons (Fsp3) is 0.647. The number of nitrogens with one attached hydrogen (secondary N) is 1. The van der Waals surface area contributed by atoms with Crippen molar-refractivity contribution in [1.29, 1.82) is 0 Å². The molecule has 0 spiro atoms. The molecular formula is C17H23N5. The summed E-state index contributed by atoms with van der Waals surface area (Å²) in [5.41, 5.74) is 0.958. The van der Waals surface area contributed by atoms with Gasteiger partial charge in [-0.05, 0) is 43.7 Å². The number of aromatic nitrogens is 3. The number of hydrogen-bond acceptors (Lipinski definition) is 4. The molecular weight excluding hydrogens is 274 g/mol. The van der Waals surface area contributed by atoms with E-state index in [4.69, 9.17) is 0 Å². The smallest absolute Gasteiger partial charge is 0.142 e. The van der Waals surface area contributed by atoms with Gasteiger partial charge in [-0.3, -0.25) is 4.90 Å². The van der Waals surface area contributed by atoms with Crippen molar-refractivity contribution in [1.82, 2.24) is 19.9 Å². The van der Waals surface area contributed by atoms with Gasteiger partial charge in [-0.15, -0.1) is 0 Å². The molecule has 0 aliphatic carbocycles. The van der Waals surface area contributed by atoms with Gasteiger partial charge in [0.15, 0.2) is 0 Å². The van der Waals surface area contributed by atoms with Crippen LogP contribution < -0.4 is 4.90 Å². The van der Waals surface area contributed by atoms with E-state index in [-0.39, 0.29) is 0 Å². The Labute approximate surface area is 130 Å². The van der Waals surface area contributed by atoms with E-state index in [9.17, 15) is 0 Å². The number of anilines is 1. The van der Waals surface area contributed by atoms with Crippen LogP contribution in [0.25, 0.3) is 11.0 Å². The fourth-order valence-electron chi connectivity index (χ4n) is 5.05. The summed E-state index contributed by atoms with van der Waals surface area (Å²) < 4.78 is 0. The van der Waals surface area contributed by atoms with Crippen LogP contribution in [0, 0.1) is 11.8 Å². The quantitative estimate of drug-likeness (QED) is 0.877. The van der Waals surface area contributed by atoms with Crippen molar-refractivity contribution in [2.75, 3.05) is 31.1 Å². The average molecular weight is 297 g/mol. The van der Waals surface area contributed by atoms with Gasteiger partial charge in [-0.25, -0.2) is 9.97 Å². The number of aromatic amines is 1. The normalized spacial score (nSPS) is 32.2. The van der Waals surface area contributed by atoms with Gasteiger partial charge < -0.3 is 9.88 Å². The molecule has 0 saturated carbocycles. The van der Waals surface area contributed by atoms with E-state index in [2.05, 4.69) is 30.8 Å². The van der Waals surface area contributed by atoms with Crippen LogP contribution >= 0.6 is 0 Å². The second-order valence-electron chi connectivity index (χ2n) is 7.26. The molecule has 5 rings (SSSR count). The lowest BCUT2D eigenvalue weighted by atomic mass is 9.76. The molecule has 5 heteroatoms.